The number of hydrogen-bond acceptors (Lipinski definition) is 5. The Morgan fingerprint density at radius 2 is 2.03 bits per heavy atom. The van der Waals surface area contributed by atoms with Crippen LogP contribution in [-0.4, -0.2) is 23.9 Å². The van der Waals surface area contributed by atoms with Crippen LogP contribution in [0.1, 0.15) is 25.6 Å². The summed E-state index contributed by atoms with van der Waals surface area (Å²) in [5, 5.41) is 5.78. The summed E-state index contributed by atoms with van der Waals surface area (Å²) in [6, 6.07) is 11.6. The Kier molecular flexibility index (Phi) is 6.41. The number of fused-ring (bicyclic) bond motifs is 1. The summed E-state index contributed by atoms with van der Waals surface area (Å²) in [4.78, 5) is 16.8. The van der Waals surface area contributed by atoms with E-state index in [9.17, 15) is 13.2 Å². The van der Waals surface area contributed by atoms with E-state index in [0.717, 1.165) is 11.9 Å². The van der Waals surface area contributed by atoms with E-state index in [2.05, 4.69) is 15.8 Å². The van der Waals surface area contributed by atoms with Crippen molar-refractivity contribution in [1.82, 2.24) is 15.0 Å². The molecule has 29 heavy (non-hydrogen) atoms. The minimum Gasteiger partial charge on any atom is -0.328 e. The number of halogens is 1. The molecule has 0 aliphatic rings. The number of sulfonamides is 1. The van der Waals surface area contributed by atoms with E-state index in [-0.39, 0.29) is 17.2 Å². The van der Waals surface area contributed by atoms with Crippen molar-refractivity contribution in [1.29, 1.82) is 0 Å². The number of nitrogens with zero attached hydrogens (tertiary/aromatic N) is 2. The Bertz CT molecular complexity index is 1140. The van der Waals surface area contributed by atoms with Crippen molar-refractivity contribution < 1.29 is 13.2 Å². The van der Waals surface area contributed by atoms with E-state index < -0.39 is 10.0 Å². The fraction of sp³-hybridized carbons (Fsp3) is 0.263. The average Bonchev–Trinajstić information content (AvgIpc) is 3.01. The average molecular weight is 436 g/mol. The van der Waals surface area contributed by atoms with Gasteiger partial charge in [0.15, 0.2) is 0 Å². The van der Waals surface area contributed by atoms with Crippen LogP contribution in [0.5, 0.6) is 0 Å². The number of hydrogen-bond donors (Lipinski definition) is 3. The minimum absolute atomic E-state index is 0.0150. The van der Waals surface area contributed by atoms with Crippen LogP contribution in [0.4, 0.5) is 5.69 Å². The van der Waals surface area contributed by atoms with Crippen molar-refractivity contribution in [2.75, 3.05) is 5.43 Å². The molecule has 0 aliphatic carbocycles. The van der Waals surface area contributed by atoms with Gasteiger partial charge in [0.2, 0.25) is 15.9 Å². The third-order valence-electron chi connectivity index (χ3n) is 4.32. The van der Waals surface area contributed by atoms with Crippen molar-refractivity contribution in [3.05, 3.63) is 53.3 Å². The number of rotatable bonds is 8. The number of nitrogens with one attached hydrogen (secondary N) is 2. The van der Waals surface area contributed by atoms with Gasteiger partial charge in [0.1, 0.15) is 5.82 Å². The maximum Gasteiger partial charge on any atom is 0.238 e. The van der Waals surface area contributed by atoms with Crippen molar-refractivity contribution in [3.63, 3.8) is 0 Å². The predicted octanol–water partition coefficient (Wildman–Crippen LogP) is 2.82. The molecule has 1 heterocycles. The van der Waals surface area contributed by atoms with E-state index in [4.69, 9.17) is 16.7 Å². The molecule has 0 atom stereocenters. The molecule has 0 saturated heterocycles. The van der Waals surface area contributed by atoms with Crippen LogP contribution in [0, 0.1) is 0 Å². The molecule has 0 bridgehead atoms. The highest BCUT2D eigenvalue weighted by atomic mass is 35.5. The third kappa shape index (κ3) is 5.26. The van der Waals surface area contributed by atoms with Gasteiger partial charge in [-0.2, -0.15) is 0 Å². The quantitative estimate of drug-likeness (QED) is 0.470. The zero-order valence-corrected chi connectivity index (χ0v) is 17.4. The molecule has 1 aromatic heterocycles. The highest BCUT2D eigenvalue weighted by Gasteiger charge is 2.15. The van der Waals surface area contributed by atoms with Crippen molar-refractivity contribution in [3.8, 4) is 0 Å². The van der Waals surface area contributed by atoms with Gasteiger partial charge in [0.25, 0.3) is 0 Å². The largest absolute Gasteiger partial charge is 0.328 e. The molecule has 0 aliphatic heterocycles. The Morgan fingerprint density at radius 3 is 2.72 bits per heavy atom. The van der Waals surface area contributed by atoms with Gasteiger partial charge in [-0.3, -0.25) is 15.6 Å². The van der Waals surface area contributed by atoms with Crippen molar-refractivity contribution in [2.24, 2.45) is 5.14 Å². The van der Waals surface area contributed by atoms with Crippen LogP contribution < -0.4 is 16.0 Å². The molecular weight excluding hydrogens is 414 g/mol. The molecule has 4 N–H and O–H groups in total. The van der Waals surface area contributed by atoms with E-state index in [0.29, 0.717) is 35.0 Å². The summed E-state index contributed by atoms with van der Waals surface area (Å²) in [6.07, 6.45) is 1.49. The molecule has 0 unspecified atom stereocenters. The highest BCUT2D eigenvalue weighted by Crippen LogP contribution is 2.21. The lowest BCUT2D eigenvalue weighted by molar-refractivity contribution is -0.120. The molecule has 154 valence electrons. The number of anilines is 1. The number of amides is 1. The smallest absolute Gasteiger partial charge is 0.238 e. The van der Waals surface area contributed by atoms with Crippen LogP contribution in [0.25, 0.3) is 11.0 Å². The second-order valence-corrected chi connectivity index (χ2v) is 8.56. The van der Waals surface area contributed by atoms with Crippen LogP contribution in [0.3, 0.4) is 0 Å². The maximum atomic E-state index is 12.2. The molecular formula is C19H22ClN5O3S. The number of carbonyl (C=O) groups excluding carboxylic acids is 1. The SMILES string of the molecule is CCCn1c(CCC(=O)NNc2cccc(Cl)c2)nc2cc(S(N)(=O)=O)ccc21. The fourth-order valence-electron chi connectivity index (χ4n) is 3.00. The summed E-state index contributed by atoms with van der Waals surface area (Å²) in [7, 11) is -3.80. The summed E-state index contributed by atoms with van der Waals surface area (Å²) in [6.45, 7) is 2.75. The maximum absolute atomic E-state index is 12.2. The molecule has 2 aromatic carbocycles. The standard InChI is InChI=1S/C19H22ClN5O3S/c1-2-10-25-17-7-6-15(29(21,27)28)12-16(17)22-18(25)8-9-19(26)24-23-14-5-3-4-13(20)11-14/h3-7,11-12,23H,2,8-10H2,1H3,(H,24,26)(H2,21,27,28). The molecule has 3 aromatic rings. The first-order chi connectivity index (χ1) is 13.8. The van der Waals surface area contributed by atoms with Crippen molar-refractivity contribution in [2.45, 2.75) is 37.6 Å². The van der Waals surface area contributed by atoms with Crippen LogP contribution in [-0.2, 0) is 27.8 Å². The number of aromatic nitrogens is 2. The summed E-state index contributed by atoms with van der Waals surface area (Å²) in [5.41, 5.74) is 7.48. The number of carbonyl (C=O) groups is 1. The second-order valence-electron chi connectivity index (χ2n) is 6.56. The Labute approximate surface area is 174 Å². The van der Waals surface area contributed by atoms with E-state index in [1.54, 1.807) is 30.3 Å². The summed E-state index contributed by atoms with van der Waals surface area (Å²) >= 11 is 5.92. The molecule has 1 amide bonds. The zero-order valence-electron chi connectivity index (χ0n) is 15.9. The normalized spacial score (nSPS) is 11.6. The van der Waals surface area contributed by atoms with Gasteiger partial charge < -0.3 is 4.57 Å². The van der Waals surface area contributed by atoms with Gasteiger partial charge in [-0.15, -0.1) is 0 Å². The fourth-order valence-corrected chi connectivity index (χ4v) is 3.72. The van der Waals surface area contributed by atoms with Gasteiger partial charge in [-0.05, 0) is 42.8 Å². The van der Waals surface area contributed by atoms with E-state index >= 15 is 0 Å². The van der Waals surface area contributed by atoms with Crippen LogP contribution >= 0.6 is 11.6 Å². The molecule has 0 fully saturated rings. The molecule has 10 heteroatoms. The molecule has 0 radical (unpaired) electrons. The van der Waals surface area contributed by atoms with E-state index in [1.807, 2.05) is 11.5 Å². The first-order valence-corrected chi connectivity index (χ1v) is 11.0. The topological polar surface area (TPSA) is 119 Å². The number of hydrazine groups is 1. The molecule has 8 nitrogen and oxygen atoms in total. The molecule has 0 spiro atoms. The summed E-state index contributed by atoms with van der Waals surface area (Å²) in [5.74, 6) is 0.511. The lowest BCUT2D eigenvalue weighted by Crippen LogP contribution is -2.29. The van der Waals surface area contributed by atoms with Gasteiger partial charge >= 0.3 is 0 Å². The predicted molar refractivity (Wildman–Crippen MR) is 113 cm³/mol. The van der Waals surface area contributed by atoms with E-state index in [1.165, 1.54) is 12.1 Å². The minimum atomic E-state index is -3.80. The monoisotopic (exact) mass is 435 g/mol. The lowest BCUT2D eigenvalue weighted by Gasteiger charge is -2.10. The van der Waals surface area contributed by atoms with Crippen LogP contribution in [0.15, 0.2) is 47.4 Å². The summed E-state index contributed by atoms with van der Waals surface area (Å²) < 4.78 is 25.2. The highest BCUT2D eigenvalue weighted by molar-refractivity contribution is 7.89. The first-order valence-electron chi connectivity index (χ1n) is 9.10. The molecule has 0 saturated carbocycles. The lowest BCUT2D eigenvalue weighted by atomic mass is 10.2. The number of aryl methyl sites for hydroxylation is 2. The van der Waals surface area contributed by atoms with Gasteiger partial charge in [0.05, 0.1) is 21.6 Å². The zero-order chi connectivity index (χ0) is 21.0. The molecule has 3 rings (SSSR count). The van der Waals surface area contributed by atoms with Crippen LogP contribution in [0.2, 0.25) is 5.02 Å². The number of benzene rings is 2. The first kappa shape index (κ1) is 21.1. The van der Waals surface area contributed by atoms with Crippen molar-refractivity contribution >= 4 is 44.3 Å². The van der Waals surface area contributed by atoms with Gasteiger partial charge in [-0.25, -0.2) is 18.5 Å². The number of primary sulfonamides is 1. The Balaban J connectivity index is 1.72. The Morgan fingerprint density at radius 1 is 1.24 bits per heavy atom. The third-order valence-corrected chi connectivity index (χ3v) is 5.47. The van der Waals surface area contributed by atoms with Gasteiger partial charge in [-0.1, -0.05) is 24.6 Å². The Hall–Kier alpha value is -2.62. The second kappa shape index (κ2) is 8.81. The van der Waals surface area contributed by atoms with Gasteiger partial charge in [0, 0.05) is 24.4 Å². The number of imidazole rings is 1. The number of nitrogens with two attached hydrogens (primary N) is 1.